The van der Waals surface area contributed by atoms with Gasteiger partial charge in [0.1, 0.15) is 0 Å². The molecule has 1 fully saturated rings. The fraction of sp³-hybridized carbons (Fsp3) is 0.400. The number of aromatic nitrogens is 1. The first-order chi connectivity index (χ1) is 10.3. The van der Waals surface area contributed by atoms with E-state index in [4.69, 9.17) is 24.5 Å². The van der Waals surface area contributed by atoms with Crippen molar-refractivity contribution >= 4 is 5.88 Å². The molecule has 2 aliphatic heterocycles. The molecule has 6 heteroatoms. The minimum absolute atomic E-state index is 0.255. The van der Waals surface area contributed by atoms with Gasteiger partial charge in [-0.15, -0.1) is 0 Å². The lowest BCUT2D eigenvalue weighted by Gasteiger charge is -2.20. The van der Waals surface area contributed by atoms with Crippen LogP contribution in [0.1, 0.15) is 24.5 Å². The highest BCUT2D eigenvalue weighted by molar-refractivity contribution is 5.77. The van der Waals surface area contributed by atoms with E-state index in [2.05, 4.69) is 5.16 Å². The third kappa shape index (κ3) is 2.12. The van der Waals surface area contributed by atoms with Gasteiger partial charge in [-0.05, 0) is 30.5 Å². The van der Waals surface area contributed by atoms with Gasteiger partial charge >= 0.3 is 0 Å². The number of nitrogens with zero attached hydrogens (tertiary/aromatic N) is 1. The number of anilines is 1. The van der Waals surface area contributed by atoms with Crippen LogP contribution >= 0.6 is 0 Å². The number of benzene rings is 1. The van der Waals surface area contributed by atoms with E-state index < -0.39 is 0 Å². The summed E-state index contributed by atoms with van der Waals surface area (Å²) in [5.41, 5.74) is 8.71. The van der Waals surface area contributed by atoms with Crippen LogP contribution in [0.15, 0.2) is 22.7 Å². The van der Waals surface area contributed by atoms with Gasteiger partial charge in [0, 0.05) is 19.1 Å². The second-order valence-corrected chi connectivity index (χ2v) is 5.26. The van der Waals surface area contributed by atoms with Crippen molar-refractivity contribution in [1.82, 2.24) is 5.16 Å². The molecule has 0 bridgehead atoms. The van der Waals surface area contributed by atoms with Crippen LogP contribution in [0, 0.1) is 0 Å². The molecule has 3 heterocycles. The fourth-order valence-electron chi connectivity index (χ4n) is 2.91. The Morgan fingerprint density at radius 2 is 1.90 bits per heavy atom. The molecule has 0 radical (unpaired) electrons. The summed E-state index contributed by atoms with van der Waals surface area (Å²) in [6, 6.07) is 5.77. The molecule has 21 heavy (non-hydrogen) atoms. The number of fused-ring (bicyclic) bond motifs is 1. The van der Waals surface area contributed by atoms with Crippen molar-refractivity contribution < 1.29 is 18.7 Å². The molecule has 2 aromatic rings. The summed E-state index contributed by atoms with van der Waals surface area (Å²) in [5, 5.41) is 4.18. The third-order valence-corrected chi connectivity index (χ3v) is 4.01. The molecule has 1 aromatic carbocycles. The van der Waals surface area contributed by atoms with Gasteiger partial charge in [0.15, 0.2) is 11.5 Å². The fourth-order valence-corrected chi connectivity index (χ4v) is 2.91. The minimum Gasteiger partial charge on any atom is -0.454 e. The summed E-state index contributed by atoms with van der Waals surface area (Å²) in [7, 11) is 0. The molecule has 0 atom stereocenters. The zero-order valence-electron chi connectivity index (χ0n) is 11.5. The SMILES string of the molecule is Nc1onc(C2CCOCC2)c1-c1ccc2c(c1)OCO2. The maximum Gasteiger partial charge on any atom is 0.231 e. The van der Waals surface area contributed by atoms with Gasteiger partial charge in [-0.3, -0.25) is 0 Å². The van der Waals surface area contributed by atoms with Crippen LogP contribution in [0.5, 0.6) is 11.5 Å². The number of hydrogen-bond donors (Lipinski definition) is 1. The maximum atomic E-state index is 5.99. The van der Waals surface area contributed by atoms with Crippen LogP contribution in [0.3, 0.4) is 0 Å². The molecule has 0 unspecified atom stereocenters. The predicted octanol–water partition coefficient (Wildman–Crippen LogP) is 2.55. The summed E-state index contributed by atoms with van der Waals surface area (Å²) in [6.45, 7) is 1.75. The topological polar surface area (TPSA) is 79.7 Å². The third-order valence-electron chi connectivity index (χ3n) is 4.01. The smallest absolute Gasteiger partial charge is 0.231 e. The number of ether oxygens (including phenoxy) is 3. The van der Waals surface area contributed by atoms with E-state index >= 15 is 0 Å². The highest BCUT2D eigenvalue weighted by Crippen LogP contribution is 2.41. The van der Waals surface area contributed by atoms with Crippen molar-refractivity contribution in [3.05, 3.63) is 23.9 Å². The second kappa shape index (κ2) is 4.96. The lowest BCUT2D eigenvalue weighted by molar-refractivity contribution is 0.0839. The zero-order chi connectivity index (χ0) is 14.2. The number of nitrogens with two attached hydrogens (primary N) is 1. The average Bonchev–Trinajstić information content (AvgIpc) is 3.13. The molecule has 0 aliphatic carbocycles. The highest BCUT2D eigenvalue weighted by Gasteiger charge is 2.26. The van der Waals surface area contributed by atoms with Crippen molar-refractivity contribution in [2.24, 2.45) is 0 Å². The Balaban J connectivity index is 1.75. The molecule has 2 N–H and O–H groups in total. The average molecular weight is 288 g/mol. The first-order valence-corrected chi connectivity index (χ1v) is 7.06. The Kier molecular flexibility index (Phi) is 2.96. The second-order valence-electron chi connectivity index (χ2n) is 5.26. The lowest BCUT2D eigenvalue weighted by atomic mass is 9.91. The lowest BCUT2D eigenvalue weighted by Crippen LogP contribution is -2.15. The number of hydrogen-bond acceptors (Lipinski definition) is 6. The molecule has 0 amide bonds. The van der Waals surface area contributed by atoms with Crippen LogP contribution in [-0.4, -0.2) is 25.2 Å². The van der Waals surface area contributed by atoms with Crippen molar-refractivity contribution in [2.45, 2.75) is 18.8 Å². The van der Waals surface area contributed by atoms with Crippen molar-refractivity contribution in [1.29, 1.82) is 0 Å². The Morgan fingerprint density at radius 1 is 1.10 bits per heavy atom. The standard InChI is InChI=1S/C15H16N2O4/c16-15-13(10-1-2-11-12(7-10)20-8-19-11)14(17-21-15)9-3-5-18-6-4-9/h1-2,7,9H,3-6,8,16H2. The van der Waals surface area contributed by atoms with Gasteiger partial charge in [0.05, 0.1) is 11.3 Å². The van der Waals surface area contributed by atoms with Crippen LogP contribution in [0.25, 0.3) is 11.1 Å². The summed E-state index contributed by atoms with van der Waals surface area (Å²) in [4.78, 5) is 0. The van der Waals surface area contributed by atoms with Crippen molar-refractivity contribution in [3.63, 3.8) is 0 Å². The zero-order valence-corrected chi connectivity index (χ0v) is 11.5. The van der Waals surface area contributed by atoms with Crippen LogP contribution in [0.4, 0.5) is 5.88 Å². The van der Waals surface area contributed by atoms with Gasteiger partial charge in [-0.25, -0.2) is 0 Å². The molecular formula is C15H16N2O4. The Labute approximate surface area is 121 Å². The van der Waals surface area contributed by atoms with E-state index in [1.54, 1.807) is 0 Å². The maximum absolute atomic E-state index is 5.99. The molecule has 4 rings (SSSR count). The summed E-state index contributed by atoms with van der Waals surface area (Å²) >= 11 is 0. The Morgan fingerprint density at radius 3 is 2.76 bits per heavy atom. The largest absolute Gasteiger partial charge is 0.454 e. The number of nitrogen functional groups attached to an aromatic ring is 1. The normalized spacial score (nSPS) is 18.1. The molecule has 6 nitrogen and oxygen atoms in total. The van der Waals surface area contributed by atoms with E-state index in [9.17, 15) is 0 Å². The van der Waals surface area contributed by atoms with Crippen LogP contribution < -0.4 is 15.2 Å². The molecule has 110 valence electrons. The Bertz CT molecular complexity index is 662. The van der Waals surface area contributed by atoms with Crippen LogP contribution in [0.2, 0.25) is 0 Å². The molecule has 0 spiro atoms. The van der Waals surface area contributed by atoms with Gasteiger partial charge in [0.2, 0.25) is 12.7 Å². The summed E-state index contributed by atoms with van der Waals surface area (Å²) in [6.07, 6.45) is 1.87. The molecular weight excluding hydrogens is 272 g/mol. The van der Waals surface area contributed by atoms with E-state index in [1.165, 1.54) is 0 Å². The Hall–Kier alpha value is -2.21. The summed E-state index contributed by atoms with van der Waals surface area (Å²) in [5.74, 6) is 2.14. The van der Waals surface area contributed by atoms with E-state index in [1.807, 2.05) is 18.2 Å². The van der Waals surface area contributed by atoms with Gasteiger partial charge < -0.3 is 24.5 Å². The first kappa shape index (κ1) is 12.5. The molecule has 2 aliphatic rings. The number of rotatable bonds is 2. The van der Waals surface area contributed by atoms with Crippen LogP contribution in [-0.2, 0) is 4.74 Å². The quantitative estimate of drug-likeness (QED) is 0.914. The van der Waals surface area contributed by atoms with Gasteiger partial charge in [-0.2, -0.15) is 0 Å². The van der Waals surface area contributed by atoms with Crippen molar-refractivity contribution in [3.8, 4) is 22.6 Å². The van der Waals surface area contributed by atoms with E-state index in [0.717, 1.165) is 54.4 Å². The van der Waals surface area contributed by atoms with Gasteiger partial charge in [0.25, 0.3) is 0 Å². The molecule has 1 aromatic heterocycles. The van der Waals surface area contributed by atoms with Crippen molar-refractivity contribution in [2.75, 3.05) is 25.7 Å². The van der Waals surface area contributed by atoms with Gasteiger partial charge in [-0.1, -0.05) is 11.2 Å². The highest BCUT2D eigenvalue weighted by atomic mass is 16.7. The monoisotopic (exact) mass is 288 g/mol. The predicted molar refractivity (Wildman–Crippen MR) is 75.3 cm³/mol. The van der Waals surface area contributed by atoms with E-state index in [-0.39, 0.29) is 6.79 Å². The molecule has 0 saturated carbocycles. The minimum atomic E-state index is 0.255. The van der Waals surface area contributed by atoms with E-state index in [0.29, 0.717) is 11.8 Å². The molecule has 1 saturated heterocycles. The summed E-state index contributed by atoms with van der Waals surface area (Å²) < 4.78 is 21.4. The first-order valence-electron chi connectivity index (χ1n) is 7.06.